The van der Waals surface area contributed by atoms with Gasteiger partial charge in [-0.3, -0.25) is 0 Å². The Labute approximate surface area is 185 Å². The van der Waals surface area contributed by atoms with E-state index in [4.69, 9.17) is 0 Å². The third kappa shape index (κ3) is 5.61. The fourth-order valence-corrected chi connectivity index (χ4v) is 7.01. The van der Waals surface area contributed by atoms with Crippen LogP contribution in [0.1, 0.15) is 30.4 Å². The van der Waals surface area contributed by atoms with Gasteiger partial charge in [0, 0.05) is 0 Å². The van der Waals surface area contributed by atoms with Gasteiger partial charge in [-0.05, 0) is 0 Å². The van der Waals surface area contributed by atoms with Crippen molar-refractivity contribution in [2.75, 3.05) is 0 Å². The zero-order chi connectivity index (χ0) is 16.9. The van der Waals surface area contributed by atoms with Gasteiger partial charge in [-0.15, -0.1) is 0 Å². The molecule has 0 atom stereocenters. The Kier molecular flexibility index (Phi) is 8.90. The first-order chi connectivity index (χ1) is 12.4. The van der Waals surface area contributed by atoms with Gasteiger partial charge < -0.3 is 24.8 Å². The van der Waals surface area contributed by atoms with E-state index in [1.54, 1.807) is 17.6 Å². The Morgan fingerprint density at radius 1 is 0.778 bits per heavy atom. The first-order valence-electron chi connectivity index (χ1n) is 8.88. The summed E-state index contributed by atoms with van der Waals surface area (Å²) in [5.74, 6) is 0. The number of hydrogen-bond acceptors (Lipinski definition) is 0. The molecule has 0 saturated carbocycles. The zero-order valence-electron chi connectivity index (χ0n) is 15.0. The maximum Gasteiger partial charge on any atom is -1.00 e. The third-order valence-electron chi connectivity index (χ3n) is 4.70. The van der Waals surface area contributed by atoms with Crippen LogP contribution in [-0.4, -0.2) is 3.21 Å². The van der Waals surface area contributed by atoms with Crippen molar-refractivity contribution in [3.63, 3.8) is 0 Å². The smallest absolute Gasteiger partial charge is 1.00 e. The van der Waals surface area contributed by atoms with Gasteiger partial charge in [0.15, 0.2) is 0 Å². The third-order valence-corrected chi connectivity index (χ3v) is 8.76. The average Bonchev–Trinajstić information content (AvgIpc) is 3.34. The summed E-state index contributed by atoms with van der Waals surface area (Å²) < 4.78 is 3.33. The molecule has 0 aromatic heterocycles. The second-order valence-corrected chi connectivity index (χ2v) is 9.80. The summed E-state index contributed by atoms with van der Waals surface area (Å²) in [5, 5.41) is 0. The molecule has 0 unspecified atom stereocenters. The molecule has 4 rings (SSSR count). The van der Waals surface area contributed by atoms with Crippen LogP contribution in [0.5, 0.6) is 0 Å². The first-order valence-corrected chi connectivity index (χ1v) is 11.3. The first kappa shape index (κ1) is 22.0. The number of benzene rings is 2. The summed E-state index contributed by atoms with van der Waals surface area (Å²) in [7, 11) is 0. The van der Waals surface area contributed by atoms with Gasteiger partial charge in [-0.25, -0.2) is 0 Å². The van der Waals surface area contributed by atoms with Gasteiger partial charge in [0.1, 0.15) is 0 Å². The second-order valence-electron chi connectivity index (χ2n) is 6.48. The number of halogens is 2. The van der Waals surface area contributed by atoms with Crippen LogP contribution in [0.15, 0.2) is 105 Å². The standard InChI is InChI=1S/C13H10.C11H11.2ClH.Zr/c1-3-7-12(8-4-1)11-13-9-5-2-6-10-13;1-2-6-10(5-1)9-11-7-3-4-8-11;;;/h1-10H;1-3,5,7H,4,6,9H2;2*1H;/q;;;;+2/p-2. The van der Waals surface area contributed by atoms with Gasteiger partial charge in [-0.2, -0.15) is 0 Å². The minimum absolute atomic E-state index is 0. The minimum atomic E-state index is -0.834. The van der Waals surface area contributed by atoms with Gasteiger partial charge in [0.05, 0.1) is 0 Å². The summed E-state index contributed by atoms with van der Waals surface area (Å²) in [6, 6.07) is 22.0. The normalized spacial score (nSPS) is 14.3. The molecular formula is C24H21Cl2Zr. The van der Waals surface area contributed by atoms with Crippen molar-refractivity contribution >= 4 is 3.21 Å². The molecule has 0 bridgehead atoms. The van der Waals surface area contributed by atoms with Crippen molar-refractivity contribution in [1.29, 1.82) is 0 Å². The molecule has 2 aromatic carbocycles. The fraction of sp³-hybridized carbons (Fsp3) is 0.125. The zero-order valence-corrected chi connectivity index (χ0v) is 19.0. The van der Waals surface area contributed by atoms with Crippen LogP contribution < -0.4 is 24.8 Å². The molecule has 0 fully saturated rings. The van der Waals surface area contributed by atoms with Crippen molar-refractivity contribution in [2.45, 2.75) is 19.3 Å². The number of hydrogen-bond donors (Lipinski definition) is 0. The molecule has 2 aliphatic carbocycles. The maximum absolute atomic E-state index is 2.38. The molecule has 0 nitrogen and oxygen atoms in total. The molecule has 0 spiro atoms. The Balaban J connectivity index is 0.00000131. The molecule has 0 amide bonds. The predicted octanol–water partition coefficient (Wildman–Crippen LogP) is -0.164. The Bertz CT molecular complexity index is 862. The van der Waals surface area contributed by atoms with Crippen molar-refractivity contribution in [3.8, 4) is 0 Å². The summed E-state index contributed by atoms with van der Waals surface area (Å²) in [6.45, 7) is 0. The van der Waals surface area contributed by atoms with E-state index in [-0.39, 0.29) is 24.8 Å². The van der Waals surface area contributed by atoms with Gasteiger partial charge >= 0.3 is 162 Å². The molecule has 2 aromatic rings. The Morgan fingerprint density at radius 3 is 1.96 bits per heavy atom. The van der Waals surface area contributed by atoms with E-state index in [0.717, 1.165) is 19.3 Å². The molecule has 0 radical (unpaired) electrons. The molecular weight excluding hydrogens is 450 g/mol. The van der Waals surface area contributed by atoms with Crippen molar-refractivity contribution in [1.82, 2.24) is 0 Å². The minimum Gasteiger partial charge on any atom is -1.00 e. The average molecular weight is 472 g/mol. The molecule has 2 aliphatic rings. The van der Waals surface area contributed by atoms with Gasteiger partial charge in [0.25, 0.3) is 0 Å². The van der Waals surface area contributed by atoms with E-state index < -0.39 is 22.8 Å². The van der Waals surface area contributed by atoms with E-state index in [0.29, 0.717) is 0 Å². The van der Waals surface area contributed by atoms with Crippen molar-refractivity contribution < 1.29 is 47.6 Å². The van der Waals surface area contributed by atoms with Gasteiger partial charge in [-0.1, -0.05) is 0 Å². The molecule has 0 saturated heterocycles. The van der Waals surface area contributed by atoms with Crippen LogP contribution in [0.2, 0.25) is 0 Å². The van der Waals surface area contributed by atoms with Crippen LogP contribution in [-0.2, 0) is 22.8 Å². The molecule has 3 heteroatoms. The molecule has 0 aliphatic heterocycles. The quantitative estimate of drug-likeness (QED) is 0.569. The number of rotatable bonds is 5. The Morgan fingerprint density at radius 2 is 1.41 bits per heavy atom. The summed E-state index contributed by atoms with van der Waals surface area (Å²) >= 11 is -0.834. The molecule has 0 N–H and O–H groups in total. The van der Waals surface area contributed by atoms with Crippen LogP contribution in [0, 0.1) is 0 Å². The SMILES string of the molecule is C1=CCC(CC2=[C]([Zr+2]=[C](c3ccccc3)c3ccccc3)CC=C2)=C1.[Cl-].[Cl-]. The maximum atomic E-state index is 2.38. The van der Waals surface area contributed by atoms with Crippen LogP contribution in [0.25, 0.3) is 0 Å². The van der Waals surface area contributed by atoms with Gasteiger partial charge in [0.2, 0.25) is 0 Å². The van der Waals surface area contributed by atoms with Crippen LogP contribution in [0.4, 0.5) is 0 Å². The molecule has 135 valence electrons. The van der Waals surface area contributed by atoms with E-state index in [1.807, 2.05) is 0 Å². The molecule has 0 heterocycles. The summed E-state index contributed by atoms with van der Waals surface area (Å²) in [6.07, 6.45) is 14.9. The van der Waals surface area contributed by atoms with E-state index in [9.17, 15) is 0 Å². The fourth-order valence-electron chi connectivity index (χ4n) is 3.39. The topological polar surface area (TPSA) is 0 Å². The van der Waals surface area contributed by atoms with E-state index in [1.165, 1.54) is 11.1 Å². The predicted molar refractivity (Wildman–Crippen MR) is 103 cm³/mol. The number of allylic oxidation sites excluding steroid dienone is 8. The second kappa shape index (κ2) is 10.9. The summed E-state index contributed by atoms with van der Waals surface area (Å²) in [5.41, 5.74) is 5.95. The van der Waals surface area contributed by atoms with Crippen molar-refractivity contribution in [3.05, 3.63) is 117 Å². The van der Waals surface area contributed by atoms with E-state index in [2.05, 4.69) is 91.0 Å². The van der Waals surface area contributed by atoms with Crippen LogP contribution >= 0.6 is 0 Å². The van der Waals surface area contributed by atoms with E-state index >= 15 is 0 Å². The monoisotopic (exact) mass is 469 g/mol. The molecule has 27 heavy (non-hydrogen) atoms. The summed E-state index contributed by atoms with van der Waals surface area (Å²) in [4.78, 5) is 0. The van der Waals surface area contributed by atoms with Crippen molar-refractivity contribution in [2.24, 2.45) is 0 Å². The Hall–Kier alpha value is -1.27. The van der Waals surface area contributed by atoms with Crippen LogP contribution in [0.3, 0.4) is 0 Å². The largest absolute Gasteiger partial charge is 1.00 e.